The Hall–Kier alpha value is -3.29. The van der Waals surface area contributed by atoms with E-state index in [0.717, 1.165) is 36.5 Å². The Labute approximate surface area is 174 Å². The number of hydrogen-bond acceptors (Lipinski definition) is 7. The van der Waals surface area contributed by atoms with E-state index in [2.05, 4.69) is 30.8 Å². The second-order valence-electron chi connectivity index (χ2n) is 8.24. The molecule has 0 aromatic carbocycles. The number of anilines is 2. The molecule has 3 aromatic heterocycles. The number of aromatic nitrogens is 5. The number of pyridine rings is 2. The topological polar surface area (TPSA) is 97.6 Å². The van der Waals surface area contributed by atoms with Gasteiger partial charge in [0.25, 0.3) is 5.56 Å². The molecule has 3 aromatic rings. The zero-order chi connectivity index (χ0) is 20.5. The van der Waals surface area contributed by atoms with Crippen molar-refractivity contribution in [1.82, 2.24) is 24.7 Å². The van der Waals surface area contributed by atoms with E-state index in [1.54, 1.807) is 17.0 Å². The van der Waals surface area contributed by atoms with Gasteiger partial charge in [-0.25, -0.2) is 9.97 Å². The molecule has 3 heterocycles. The first-order valence-electron chi connectivity index (χ1n) is 10.5. The molecule has 2 aliphatic carbocycles. The Morgan fingerprint density at radius 1 is 0.967 bits per heavy atom. The van der Waals surface area contributed by atoms with Crippen LogP contribution in [-0.4, -0.2) is 36.8 Å². The van der Waals surface area contributed by atoms with Gasteiger partial charge in [0.1, 0.15) is 5.82 Å². The highest BCUT2D eigenvalue weighted by Crippen LogP contribution is 2.38. The second-order valence-corrected chi connectivity index (χ2v) is 8.24. The normalized spacial score (nSPS) is 20.8. The van der Waals surface area contributed by atoms with Crippen LogP contribution in [0.25, 0.3) is 5.69 Å². The van der Waals surface area contributed by atoms with Crippen molar-refractivity contribution in [3.63, 3.8) is 0 Å². The minimum absolute atomic E-state index is 0.0217. The molecule has 0 aliphatic heterocycles. The molecule has 8 heteroatoms. The summed E-state index contributed by atoms with van der Waals surface area (Å²) in [5.41, 5.74) is 2.46. The molecular formula is C22H25N7O. The number of nitrogens with one attached hydrogen (secondary N) is 2. The quantitative estimate of drug-likeness (QED) is 0.653. The minimum atomic E-state index is -0.0217. The third-order valence-corrected chi connectivity index (χ3v) is 5.86. The molecule has 0 unspecified atom stereocenters. The highest BCUT2D eigenvalue weighted by molar-refractivity contribution is 5.42. The zero-order valence-corrected chi connectivity index (χ0v) is 17.0. The predicted molar refractivity (Wildman–Crippen MR) is 115 cm³/mol. The van der Waals surface area contributed by atoms with E-state index in [0.29, 0.717) is 29.5 Å². The molecule has 2 aliphatic rings. The minimum Gasteiger partial charge on any atom is -0.367 e. The van der Waals surface area contributed by atoms with Crippen molar-refractivity contribution in [3.8, 4) is 5.69 Å². The summed E-state index contributed by atoms with van der Waals surface area (Å²) in [5, 5.41) is 15.4. The molecular weight excluding hydrogens is 378 g/mol. The number of nitrogens with zero attached hydrogens (tertiary/aromatic N) is 5. The van der Waals surface area contributed by atoms with Gasteiger partial charge in [0.15, 0.2) is 0 Å². The van der Waals surface area contributed by atoms with E-state index >= 15 is 0 Å². The summed E-state index contributed by atoms with van der Waals surface area (Å²) in [4.78, 5) is 21.2. The molecule has 5 rings (SSSR count). The molecule has 0 spiro atoms. The summed E-state index contributed by atoms with van der Waals surface area (Å²) >= 11 is 0. The van der Waals surface area contributed by atoms with Crippen molar-refractivity contribution in [2.45, 2.75) is 57.0 Å². The third-order valence-electron chi connectivity index (χ3n) is 5.86. The number of aryl methyl sites for hydroxylation is 1. The van der Waals surface area contributed by atoms with Gasteiger partial charge in [-0.1, -0.05) is 6.07 Å². The smallest absolute Gasteiger partial charge is 0.258 e. The fourth-order valence-electron chi connectivity index (χ4n) is 3.97. The maximum absolute atomic E-state index is 12.3. The molecule has 2 fully saturated rings. The maximum atomic E-state index is 12.3. The van der Waals surface area contributed by atoms with Gasteiger partial charge >= 0.3 is 0 Å². The van der Waals surface area contributed by atoms with E-state index in [9.17, 15) is 4.79 Å². The summed E-state index contributed by atoms with van der Waals surface area (Å²) < 4.78 is 1.62. The van der Waals surface area contributed by atoms with Crippen LogP contribution in [0.2, 0.25) is 0 Å². The first-order valence-corrected chi connectivity index (χ1v) is 10.5. The van der Waals surface area contributed by atoms with Crippen LogP contribution < -0.4 is 16.2 Å². The van der Waals surface area contributed by atoms with Crippen molar-refractivity contribution in [3.05, 3.63) is 64.5 Å². The Morgan fingerprint density at radius 3 is 2.50 bits per heavy atom. The Morgan fingerprint density at radius 2 is 1.80 bits per heavy atom. The molecule has 2 atom stereocenters. The Balaban J connectivity index is 1.17. The van der Waals surface area contributed by atoms with Crippen molar-refractivity contribution >= 4 is 11.8 Å². The van der Waals surface area contributed by atoms with Crippen molar-refractivity contribution in [2.75, 3.05) is 10.6 Å². The lowest BCUT2D eigenvalue weighted by Crippen LogP contribution is -2.22. The molecule has 30 heavy (non-hydrogen) atoms. The predicted octanol–water partition coefficient (Wildman–Crippen LogP) is 3.05. The standard InChI is InChI=1S/C22H25N7O/c1-14-3-2-10-29(21(14)30)18-8-9-20(23-12-18)25-16-6-7-17(11-16)26-22-24-13-19(27-28-22)15-4-5-15/h2-3,8-10,12-13,15-17H,4-7,11H2,1H3,(H,23,25)(H,24,26,28)/t16-,17-/m0/s1. The van der Waals surface area contributed by atoms with Crippen LogP contribution in [0.5, 0.6) is 0 Å². The second kappa shape index (κ2) is 7.85. The highest BCUT2D eigenvalue weighted by atomic mass is 16.1. The third kappa shape index (κ3) is 4.03. The molecule has 0 bridgehead atoms. The maximum Gasteiger partial charge on any atom is 0.258 e. The summed E-state index contributed by atoms with van der Waals surface area (Å²) in [6.07, 6.45) is 10.8. The van der Waals surface area contributed by atoms with Gasteiger partial charge < -0.3 is 10.6 Å². The SMILES string of the molecule is Cc1cccn(-c2ccc(N[C@H]3CC[C@H](Nc4ncc(C5CC5)nn4)C3)nc2)c1=O. The summed E-state index contributed by atoms with van der Waals surface area (Å²) in [6, 6.07) is 8.18. The van der Waals surface area contributed by atoms with E-state index in [-0.39, 0.29) is 5.56 Å². The van der Waals surface area contributed by atoms with Crippen molar-refractivity contribution < 1.29 is 0 Å². The molecule has 2 N–H and O–H groups in total. The van der Waals surface area contributed by atoms with Gasteiger partial charge in [-0.3, -0.25) is 9.36 Å². The Kier molecular flexibility index (Phi) is 4.90. The van der Waals surface area contributed by atoms with Crippen LogP contribution in [0, 0.1) is 6.92 Å². The van der Waals surface area contributed by atoms with Gasteiger partial charge in [-0.05, 0) is 57.2 Å². The zero-order valence-electron chi connectivity index (χ0n) is 17.0. The highest BCUT2D eigenvalue weighted by Gasteiger charge is 2.27. The number of rotatable bonds is 6. The van der Waals surface area contributed by atoms with Crippen LogP contribution in [0.3, 0.4) is 0 Å². The molecule has 0 radical (unpaired) electrons. The van der Waals surface area contributed by atoms with Crippen LogP contribution in [0.4, 0.5) is 11.8 Å². The average Bonchev–Trinajstić information content (AvgIpc) is 3.52. The van der Waals surface area contributed by atoms with Crippen LogP contribution in [0.15, 0.2) is 47.7 Å². The summed E-state index contributed by atoms with van der Waals surface area (Å²) in [5.74, 6) is 2.00. The average molecular weight is 403 g/mol. The van der Waals surface area contributed by atoms with E-state index in [1.165, 1.54) is 12.8 Å². The first-order chi connectivity index (χ1) is 14.7. The lowest BCUT2D eigenvalue weighted by Gasteiger charge is -2.15. The lowest BCUT2D eigenvalue weighted by atomic mass is 10.2. The molecule has 2 saturated carbocycles. The van der Waals surface area contributed by atoms with E-state index in [1.807, 2.05) is 37.4 Å². The molecule has 0 saturated heterocycles. The van der Waals surface area contributed by atoms with Crippen LogP contribution in [-0.2, 0) is 0 Å². The van der Waals surface area contributed by atoms with E-state index in [4.69, 9.17) is 0 Å². The van der Waals surface area contributed by atoms with Crippen LogP contribution in [0.1, 0.15) is 49.3 Å². The number of hydrogen-bond donors (Lipinski definition) is 2. The fourth-order valence-corrected chi connectivity index (χ4v) is 3.97. The summed E-state index contributed by atoms with van der Waals surface area (Å²) in [7, 11) is 0. The fraction of sp³-hybridized carbons (Fsp3) is 0.409. The largest absolute Gasteiger partial charge is 0.367 e. The monoisotopic (exact) mass is 403 g/mol. The first kappa shape index (κ1) is 18.7. The Bertz CT molecular complexity index is 1070. The molecule has 154 valence electrons. The van der Waals surface area contributed by atoms with Gasteiger partial charge in [0, 0.05) is 29.8 Å². The molecule has 0 amide bonds. The van der Waals surface area contributed by atoms with Gasteiger partial charge in [-0.2, -0.15) is 0 Å². The van der Waals surface area contributed by atoms with E-state index < -0.39 is 0 Å². The van der Waals surface area contributed by atoms with Gasteiger partial charge in [-0.15, -0.1) is 10.2 Å². The van der Waals surface area contributed by atoms with Gasteiger partial charge in [0.2, 0.25) is 5.95 Å². The van der Waals surface area contributed by atoms with Crippen molar-refractivity contribution in [2.24, 2.45) is 0 Å². The van der Waals surface area contributed by atoms with Gasteiger partial charge in [0.05, 0.1) is 23.8 Å². The van der Waals surface area contributed by atoms with Crippen molar-refractivity contribution in [1.29, 1.82) is 0 Å². The molecule has 8 nitrogen and oxygen atoms in total. The summed E-state index contributed by atoms with van der Waals surface area (Å²) in [6.45, 7) is 1.81. The lowest BCUT2D eigenvalue weighted by molar-refractivity contribution is 0.710. The van der Waals surface area contributed by atoms with Crippen LogP contribution >= 0.6 is 0 Å².